The SMILES string of the molecule is C=CC(=O)Nc1ccccc1CC(N)=O. The molecule has 0 atom stereocenters. The maximum atomic E-state index is 11.1. The molecule has 0 bridgehead atoms. The minimum absolute atomic E-state index is 0.105. The van der Waals surface area contributed by atoms with Gasteiger partial charge in [-0.05, 0) is 17.7 Å². The predicted octanol–water partition coefficient (Wildman–Crippen LogP) is 0.839. The van der Waals surface area contributed by atoms with Gasteiger partial charge in [0.1, 0.15) is 0 Å². The van der Waals surface area contributed by atoms with Gasteiger partial charge in [0.05, 0.1) is 6.42 Å². The first-order valence-electron chi connectivity index (χ1n) is 4.43. The second-order valence-electron chi connectivity index (χ2n) is 2.99. The van der Waals surface area contributed by atoms with Crippen LogP contribution in [0.2, 0.25) is 0 Å². The first-order valence-corrected chi connectivity index (χ1v) is 4.43. The van der Waals surface area contributed by atoms with Crippen molar-refractivity contribution in [2.24, 2.45) is 5.73 Å². The van der Waals surface area contributed by atoms with Crippen LogP contribution in [0.3, 0.4) is 0 Å². The number of hydrogen-bond donors (Lipinski definition) is 2. The number of amides is 2. The lowest BCUT2D eigenvalue weighted by atomic mass is 10.1. The van der Waals surface area contributed by atoms with Crippen molar-refractivity contribution in [1.82, 2.24) is 0 Å². The van der Waals surface area contributed by atoms with E-state index < -0.39 is 5.91 Å². The quantitative estimate of drug-likeness (QED) is 0.713. The van der Waals surface area contributed by atoms with Crippen molar-refractivity contribution in [3.05, 3.63) is 42.5 Å². The number of carbonyl (C=O) groups is 2. The van der Waals surface area contributed by atoms with Gasteiger partial charge in [0.2, 0.25) is 11.8 Å². The van der Waals surface area contributed by atoms with Gasteiger partial charge < -0.3 is 11.1 Å². The van der Waals surface area contributed by atoms with E-state index in [9.17, 15) is 9.59 Å². The molecule has 0 spiro atoms. The van der Waals surface area contributed by atoms with Crippen LogP contribution >= 0.6 is 0 Å². The topological polar surface area (TPSA) is 72.2 Å². The molecule has 0 fully saturated rings. The van der Waals surface area contributed by atoms with Crippen LogP contribution in [0.5, 0.6) is 0 Å². The molecule has 2 amide bonds. The molecular formula is C11H12N2O2. The van der Waals surface area contributed by atoms with Gasteiger partial charge in [-0.2, -0.15) is 0 Å². The highest BCUT2D eigenvalue weighted by molar-refractivity contribution is 5.99. The summed E-state index contributed by atoms with van der Waals surface area (Å²) >= 11 is 0. The number of hydrogen-bond acceptors (Lipinski definition) is 2. The number of para-hydroxylation sites is 1. The van der Waals surface area contributed by atoms with Crippen molar-refractivity contribution in [3.63, 3.8) is 0 Å². The monoisotopic (exact) mass is 204 g/mol. The third kappa shape index (κ3) is 3.27. The molecule has 0 aliphatic rings. The zero-order chi connectivity index (χ0) is 11.3. The Hall–Kier alpha value is -2.10. The van der Waals surface area contributed by atoms with Gasteiger partial charge in [-0.25, -0.2) is 0 Å². The van der Waals surface area contributed by atoms with Crippen molar-refractivity contribution in [2.75, 3.05) is 5.32 Å². The Morgan fingerprint density at radius 3 is 2.67 bits per heavy atom. The molecular weight excluding hydrogens is 192 g/mol. The Morgan fingerprint density at radius 1 is 1.40 bits per heavy atom. The lowest BCUT2D eigenvalue weighted by Gasteiger charge is -2.07. The molecule has 3 N–H and O–H groups in total. The summed E-state index contributed by atoms with van der Waals surface area (Å²) in [5.41, 5.74) is 6.36. The molecule has 15 heavy (non-hydrogen) atoms. The van der Waals surface area contributed by atoms with Gasteiger partial charge in [-0.15, -0.1) is 0 Å². The minimum Gasteiger partial charge on any atom is -0.369 e. The molecule has 0 radical (unpaired) electrons. The van der Waals surface area contributed by atoms with E-state index in [1.54, 1.807) is 24.3 Å². The Kier molecular flexibility index (Phi) is 3.62. The molecule has 0 aromatic heterocycles. The normalized spacial score (nSPS) is 9.33. The number of anilines is 1. The third-order valence-electron chi connectivity index (χ3n) is 1.83. The highest BCUT2D eigenvalue weighted by Gasteiger charge is 2.05. The van der Waals surface area contributed by atoms with Gasteiger partial charge >= 0.3 is 0 Å². The Balaban J connectivity index is 2.90. The van der Waals surface area contributed by atoms with E-state index in [1.807, 2.05) is 0 Å². The maximum absolute atomic E-state index is 11.1. The van der Waals surface area contributed by atoms with Crippen molar-refractivity contribution < 1.29 is 9.59 Å². The van der Waals surface area contributed by atoms with E-state index in [-0.39, 0.29) is 12.3 Å². The molecule has 78 valence electrons. The summed E-state index contributed by atoms with van der Waals surface area (Å²) in [5.74, 6) is -0.748. The smallest absolute Gasteiger partial charge is 0.247 e. The van der Waals surface area contributed by atoms with E-state index in [0.717, 1.165) is 0 Å². The third-order valence-corrected chi connectivity index (χ3v) is 1.83. The summed E-state index contributed by atoms with van der Waals surface area (Å²) in [4.78, 5) is 21.8. The molecule has 4 nitrogen and oxygen atoms in total. The van der Waals surface area contributed by atoms with Crippen LogP contribution in [0.1, 0.15) is 5.56 Å². The Morgan fingerprint density at radius 2 is 2.07 bits per heavy atom. The van der Waals surface area contributed by atoms with Gasteiger partial charge in [0.15, 0.2) is 0 Å². The van der Waals surface area contributed by atoms with Crippen LogP contribution < -0.4 is 11.1 Å². The average molecular weight is 204 g/mol. The number of nitrogens with one attached hydrogen (secondary N) is 1. The first-order chi connectivity index (χ1) is 7.13. The van der Waals surface area contributed by atoms with Gasteiger partial charge in [0, 0.05) is 5.69 Å². The van der Waals surface area contributed by atoms with E-state index in [1.165, 1.54) is 6.08 Å². The van der Waals surface area contributed by atoms with Crippen LogP contribution in [-0.2, 0) is 16.0 Å². The Bertz CT molecular complexity index is 399. The summed E-state index contributed by atoms with van der Waals surface area (Å²) in [5, 5.41) is 2.60. The fraction of sp³-hybridized carbons (Fsp3) is 0.0909. The summed E-state index contributed by atoms with van der Waals surface area (Å²) in [6, 6.07) is 6.99. The number of nitrogens with two attached hydrogens (primary N) is 1. The highest BCUT2D eigenvalue weighted by atomic mass is 16.1. The van der Waals surface area contributed by atoms with Gasteiger partial charge in [-0.3, -0.25) is 9.59 Å². The standard InChI is InChI=1S/C11H12N2O2/c1-2-11(15)13-9-6-4-3-5-8(9)7-10(12)14/h2-6H,1,7H2,(H2,12,14)(H,13,15). The van der Waals surface area contributed by atoms with Crippen molar-refractivity contribution >= 4 is 17.5 Å². The average Bonchev–Trinajstić information content (AvgIpc) is 2.20. The largest absolute Gasteiger partial charge is 0.369 e. The molecule has 0 aliphatic heterocycles. The van der Waals surface area contributed by atoms with E-state index in [2.05, 4.69) is 11.9 Å². The molecule has 0 aliphatic carbocycles. The maximum Gasteiger partial charge on any atom is 0.247 e. The predicted molar refractivity (Wildman–Crippen MR) is 58.2 cm³/mol. The fourth-order valence-corrected chi connectivity index (χ4v) is 1.17. The number of rotatable bonds is 4. The number of primary amides is 1. The van der Waals surface area contributed by atoms with Crippen LogP contribution in [-0.4, -0.2) is 11.8 Å². The number of benzene rings is 1. The highest BCUT2D eigenvalue weighted by Crippen LogP contribution is 2.15. The van der Waals surface area contributed by atoms with Gasteiger partial charge in [0.25, 0.3) is 0 Å². The number of carbonyl (C=O) groups excluding carboxylic acids is 2. The summed E-state index contributed by atoms with van der Waals surface area (Å²) in [6.07, 6.45) is 1.27. The summed E-state index contributed by atoms with van der Waals surface area (Å²) in [7, 11) is 0. The lowest BCUT2D eigenvalue weighted by molar-refractivity contribution is -0.117. The molecule has 1 aromatic carbocycles. The molecule has 1 rings (SSSR count). The molecule has 0 heterocycles. The lowest BCUT2D eigenvalue weighted by Crippen LogP contribution is -2.16. The zero-order valence-corrected chi connectivity index (χ0v) is 8.19. The second-order valence-corrected chi connectivity index (χ2v) is 2.99. The van der Waals surface area contributed by atoms with Crippen LogP contribution in [0, 0.1) is 0 Å². The van der Waals surface area contributed by atoms with Gasteiger partial charge in [-0.1, -0.05) is 24.8 Å². The fourth-order valence-electron chi connectivity index (χ4n) is 1.17. The van der Waals surface area contributed by atoms with Crippen LogP contribution in [0.25, 0.3) is 0 Å². The van der Waals surface area contributed by atoms with E-state index in [4.69, 9.17) is 5.73 Å². The molecule has 4 heteroatoms. The Labute approximate surface area is 87.8 Å². The molecule has 1 aromatic rings. The summed E-state index contributed by atoms with van der Waals surface area (Å²) < 4.78 is 0. The second kappa shape index (κ2) is 4.95. The zero-order valence-electron chi connectivity index (χ0n) is 8.19. The molecule has 0 saturated carbocycles. The van der Waals surface area contributed by atoms with Crippen molar-refractivity contribution in [3.8, 4) is 0 Å². The molecule has 0 unspecified atom stereocenters. The van der Waals surface area contributed by atoms with Crippen LogP contribution in [0.15, 0.2) is 36.9 Å². The summed E-state index contributed by atoms with van der Waals surface area (Å²) in [6.45, 7) is 3.34. The minimum atomic E-state index is -0.435. The first kappa shape index (κ1) is 11.0. The van der Waals surface area contributed by atoms with Crippen molar-refractivity contribution in [1.29, 1.82) is 0 Å². The van der Waals surface area contributed by atoms with E-state index >= 15 is 0 Å². The van der Waals surface area contributed by atoms with E-state index in [0.29, 0.717) is 11.3 Å². The van der Waals surface area contributed by atoms with Crippen LogP contribution in [0.4, 0.5) is 5.69 Å². The van der Waals surface area contributed by atoms with Crippen molar-refractivity contribution in [2.45, 2.75) is 6.42 Å². The molecule has 0 saturated heterocycles.